The van der Waals surface area contributed by atoms with E-state index in [2.05, 4.69) is 21.2 Å². The summed E-state index contributed by atoms with van der Waals surface area (Å²) in [5.41, 5.74) is 0.794. The molecule has 0 spiro atoms. The van der Waals surface area contributed by atoms with E-state index >= 15 is 0 Å². The third kappa shape index (κ3) is 3.19. The molecule has 1 amide bonds. The molecule has 0 saturated carbocycles. The molecule has 94 valence electrons. The maximum absolute atomic E-state index is 11.8. The molecule has 1 heterocycles. The van der Waals surface area contributed by atoms with Crippen LogP contribution in [0.2, 0.25) is 0 Å². The zero-order valence-electron chi connectivity index (χ0n) is 9.47. The average Bonchev–Trinajstić information content (AvgIpc) is 2.83. The molecule has 3 nitrogen and oxygen atoms in total. The number of carbonyl (C=O) groups is 1. The van der Waals surface area contributed by atoms with Crippen LogP contribution in [-0.2, 0) is 0 Å². The number of amides is 1. The van der Waals surface area contributed by atoms with Gasteiger partial charge in [-0.3, -0.25) is 4.79 Å². The number of rotatable bonds is 4. The van der Waals surface area contributed by atoms with Crippen LogP contribution in [0.1, 0.15) is 21.3 Å². The maximum Gasteiger partial charge on any atom is 0.262 e. The third-order valence-electron chi connectivity index (χ3n) is 2.46. The normalized spacial score (nSPS) is 12.1. The van der Waals surface area contributed by atoms with Crippen molar-refractivity contribution in [2.45, 2.75) is 6.10 Å². The molecule has 0 saturated heterocycles. The predicted molar refractivity (Wildman–Crippen MR) is 75.8 cm³/mol. The highest BCUT2D eigenvalue weighted by Crippen LogP contribution is 2.22. The van der Waals surface area contributed by atoms with E-state index in [1.807, 2.05) is 41.8 Å². The molecule has 1 atom stereocenters. The number of hydrogen-bond donors (Lipinski definition) is 2. The molecule has 0 radical (unpaired) electrons. The van der Waals surface area contributed by atoms with Gasteiger partial charge >= 0.3 is 0 Å². The molecule has 0 aliphatic heterocycles. The summed E-state index contributed by atoms with van der Waals surface area (Å²) in [6.07, 6.45) is -0.686. The first-order valence-electron chi connectivity index (χ1n) is 5.42. The molecule has 0 fully saturated rings. The lowest BCUT2D eigenvalue weighted by molar-refractivity contribution is 0.0919. The summed E-state index contributed by atoms with van der Waals surface area (Å²) in [7, 11) is 0. The van der Waals surface area contributed by atoms with E-state index in [0.29, 0.717) is 4.88 Å². The summed E-state index contributed by atoms with van der Waals surface area (Å²) < 4.78 is 0.777. The van der Waals surface area contributed by atoms with E-state index in [9.17, 15) is 9.90 Å². The number of halogens is 1. The van der Waals surface area contributed by atoms with Gasteiger partial charge in [0.1, 0.15) is 4.88 Å². The van der Waals surface area contributed by atoms with E-state index in [1.165, 1.54) is 11.3 Å². The van der Waals surface area contributed by atoms with E-state index < -0.39 is 6.10 Å². The number of nitrogens with one attached hydrogen (secondary N) is 1. The highest BCUT2D eigenvalue weighted by Gasteiger charge is 2.13. The summed E-state index contributed by atoms with van der Waals surface area (Å²) >= 11 is 4.67. The van der Waals surface area contributed by atoms with E-state index in [-0.39, 0.29) is 12.5 Å². The summed E-state index contributed by atoms with van der Waals surface area (Å²) in [6.45, 7) is 0.202. The number of thiophene rings is 1. The monoisotopic (exact) mass is 325 g/mol. The topological polar surface area (TPSA) is 49.3 Å². The van der Waals surface area contributed by atoms with Crippen LogP contribution in [0.5, 0.6) is 0 Å². The zero-order chi connectivity index (χ0) is 13.0. The highest BCUT2D eigenvalue weighted by atomic mass is 79.9. The molecule has 1 aromatic heterocycles. The van der Waals surface area contributed by atoms with Crippen LogP contribution < -0.4 is 5.32 Å². The van der Waals surface area contributed by atoms with Gasteiger partial charge in [0, 0.05) is 11.0 Å². The molecule has 5 heteroatoms. The van der Waals surface area contributed by atoms with Gasteiger partial charge < -0.3 is 10.4 Å². The molecular weight excluding hydrogens is 314 g/mol. The Labute approximate surface area is 118 Å². The molecule has 1 aromatic carbocycles. The molecule has 2 N–H and O–H groups in total. The molecule has 2 rings (SSSR count). The number of hydrogen-bond acceptors (Lipinski definition) is 3. The summed E-state index contributed by atoms with van der Waals surface area (Å²) in [5, 5.41) is 14.5. The van der Waals surface area contributed by atoms with Gasteiger partial charge in [0.05, 0.1) is 6.10 Å². The minimum Gasteiger partial charge on any atom is -0.387 e. The first-order chi connectivity index (χ1) is 8.68. The van der Waals surface area contributed by atoms with Crippen molar-refractivity contribution in [1.82, 2.24) is 5.32 Å². The zero-order valence-corrected chi connectivity index (χ0v) is 11.9. The molecule has 1 unspecified atom stereocenters. The van der Waals surface area contributed by atoms with Crippen molar-refractivity contribution >= 4 is 33.2 Å². The second kappa shape index (κ2) is 6.13. The van der Waals surface area contributed by atoms with Crippen molar-refractivity contribution in [3.8, 4) is 0 Å². The Hall–Kier alpha value is -1.17. The minimum atomic E-state index is -0.686. The van der Waals surface area contributed by atoms with Gasteiger partial charge in [0.2, 0.25) is 0 Å². The lowest BCUT2D eigenvalue weighted by atomic mass is 10.1. The second-order valence-corrected chi connectivity index (χ2v) is 5.50. The Morgan fingerprint density at radius 2 is 2.06 bits per heavy atom. The Balaban J connectivity index is 1.93. The predicted octanol–water partition coefficient (Wildman–Crippen LogP) is 2.97. The van der Waals surface area contributed by atoms with Gasteiger partial charge in [-0.1, -0.05) is 30.3 Å². The highest BCUT2D eigenvalue weighted by molar-refractivity contribution is 9.10. The van der Waals surface area contributed by atoms with Crippen molar-refractivity contribution in [2.24, 2.45) is 0 Å². The Kier molecular flexibility index (Phi) is 4.52. The van der Waals surface area contributed by atoms with Crippen LogP contribution in [0.25, 0.3) is 0 Å². The molecular formula is C13H12BrNO2S. The van der Waals surface area contributed by atoms with Crippen molar-refractivity contribution in [1.29, 1.82) is 0 Å². The molecule has 0 bridgehead atoms. The largest absolute Gasteiger partial charge is 0.387 e. The van der Waals surface area contributed by atoms with Crippen LogP contribution in [0.3, 0.4) is 0 Å². The number of aliphatic hydroxyl groups excluding tert-OH is 1. The van der Waals surface area contributed by atoms with Crippen molar-refractivity contribution in [3.05, 3.63) is 56.7 Å². The first kappa shape index (κ1) is 13.3. The van der Waals surface area contributed by atoms with Crippen molar-refractivity contribution in [3.63, 3.8) is 0 Å². The van der Waals surface area contributed by atoms with E-state index in [0.717, 1.165) is 10.0 Å². The van der Waals surface area contributed by atoms with E-state index in [1.54, 1.807) is 0 Å². The third-order valence-corrected chi connectivity index (χ3v) is 4.30. The molecule has 0 aliphatic carbocycles. The SMILES string of the molecule is O=C(NCC(O)c1ccccc1)c1sccc1Br. The second-order valence-electron chi connectivity index (χ2n) is 3.73. The van der Waals surface area contributed by atoms with Gasteiger partial charge in [-0.05, 0) is 32.9 Å². The molecule has 18 heavy (non-hydrogen) atoms. The standard InChI is InChI=1S/C13H12BrNO2S/c14-10-6-7-18-12(10)13(17)15-8-11(16)9-4-2-1-3-5-9/h1-7,11,16H,8H2,(H,15,17). The molecule has 2 aromatic rings. The number of aliphatic hydroxyl groups is 1. The lowest BCUT2D eigenvalue weighted by Crippen LogP contribution is -2.27. The van der Waals surface area contributed by atoms with Crippen LogP contribution >= 0.6 is 27.3 Å². The Bertz CT molecular complexity index is 527. The molecule has 0 aliphatic rings. The Morgan fingerprint density at radius 3 is 2.67 bits per heavy atom. The number of carbonyl (C=O) groups excluding carboxylic acids is 1. The van der Waals surface area contributed by atoms with Gasteiger partial charge in [0.25, 0.3) is 5.91 Å². The van der Waals surface area contributed by atoms with Gasteiger partial charge in [-0.2, -0.15) is 0 Å². The van der Waals surface area contributed by atoms with Crippen LogP contribution in [0.15, 0.2) is 46.3 Å². The fourth-order valence-electron chi connectivity index (χ4n) is 1.52. The van der Waals surface area contributed by atoms with Crippen LogP contribution in [-0.4, -0.2) is 17.6 Å². The summed E-state index contributed by atoms with van der Waals surface area (Å²) in [4.78, 5) is 12.4. The van der Waals surface area contributed by atoms with E-state index in [4.69, 9.17) is 0 Å². The van der Waals surface area contributed by atoms with Gasteiger partial charge in [0.15, 0.2) is 0 Å². The summed E-state index contributed by atoms with van der Waals surface area (Å²) in [5.74, 6) is -0.174. The summed E-state index contributed by atoms with van der Waals surface area (Å²) in [6, 6.07) is 11.1. The van der Waals surface area contributed by atoms with Crippen molar-refractivity contribution in [2.75, 3.05) is 6.54 Å². The minimum absolute atomic E-state index is 0.174. The quantitative estimate of drug-likeness (QED) is 0.907. The van der Waals surface area contributed by atoms with Gasteiger partial charge in [-0.25, -0.2) is 0 Å². The first-order valence-corrected chi connectivity index (χ1v) is 7.10. The van der Waals surface area contributed by atoms with Crippen LogP contribution in [0, 0.1) is 0 Å². The lowest BCUT2D eigenvalue weighted by Gasteiger charge is -2.11. The fourth-order valence-corrected chi connectivity index (χ4v) is 2.99. The number of benzene rings is 1. The fraction of sp³-hybridized carbons (Fsp3) is 0.154. The van der Waals surface area contributed by atoms with Gasteiger partial charge in [-0.15, -0.1) is 11.3 Å². The average molecular weight is 326 g/mol. The van der Waals surface area contributed by atoms with Crippen molar-refractivity contribution < 1.29 is 9.90 Å². The smallest absolute Gasteiger partial charge is 0.262 e. The van der Waals surface area contributed by atoms with Crippen LogP contribution in [0.4, 0.5) is 0 Å². The maximum atomic E-state index is 11.8. The Morgan fingerprint density at radius 1 is 1.33 bits per heavy atom.